The summed E-state index contributed by atoms with van der Waals surface area (Å²) >= 11 is 3.31. The maximum atomic E-state index is 12.6. The van der Waals surface area contributed by atoms with Crippen LogP contribution >= 0.6 is 15.9 Å². The summed E-state index contributed by atoms with van der Waals surface area (Å²) in [5.41, 5.74) is 2.21. The van der Waals surface area contributed by atoms with Crippen molar-refractivity contribution in [2.24, 2.45) is 0 Å². The summed E-state index contributed by atoms with van der Waals surface area (Å²) in [4.78, 5) is 25.5. The zero-order chi connectivity index (χ0) is 19.6. The quantitative estimate of drug-likeness (QED) is 0.757. The molecule has 0 bridgehead atoms. The minimum atomic E-state index is -3.59. The Kier molecular flexibility index (Phi) is 5.67. The van der Waals surface area contributed by atoms with Gasteiger partial charge in [0.05, 0.1) is 10.6 Å². The van der Waals surface area contributed by atoms with E-state index < -0.39 is 9.84 Å². The van der Waals surface area contributed by atoms with E-state index in [0.29, 0.717) is 18.7 Å². The summed E-state index contributed by atoms with van der Waals surface area (Å²) in [6.07, 6.45) is 0.497. The third-order valence-corrected chi connectivity index (χ3v) is 6.65. The molecule has 1 N–H and O–H groups in total. The first-order valence-corrected chi connectivity index (χ1v) is 10.9. The Morgan fingerprint density at radius 1 is 1.15 bits per heavy atom. The fourth-order valence-corrected chi connectivity index (χ4v) is 4.55. The Balaban J connectivity index is 1.66. The van der Waals surface area contributed by atoms with E-state index in [0.717, 1.165) is 15.7 Å². The molecule has 0 saturated carbocycles. The van der Waals surface area contributed by atoms with Crippen molar-refractivity contribution in [1.29, 1.82) is 0 Å². The van der Waals surface area contributed by atoms with Crippen molar-refractivity contribution < 1.29 is 18.0 Å². The van der Waals surface area contributed by atoms with Crippen molar-refractivity contribution >= 4 is 49.0 Å². The summed E-state index contributed by atoms with van der Waals surface area (Å²) in [7, 11) is -3.59. The van der Waals surface area contributed by atoms with Gasteiger partial charge in [0.15, 0.2) is 9.84 Å². The lowest BCUT2D eigenvalue weighted by Crippen LogP contribution is -2.25. The zero-order valence-electron chi connectivity index (χ0n) is 14.7. The van der Waals surface area contributed by atoms with Gasteiger partial charge in [0.1, 0.15) is 0 Å². The third kappa shape index (κ3) is 4.56. The molecule has 2 aromatic rings. The smallest absolute Gasteiger partial charge is 0.225 e. The van der Waals surface area contributed by atoms with Gasteiger partial charge >= 0.3 is 0 Å². The van der Waals surface area contributed by atoms with Crippen LogP contribution in [0.25, 0.3) is 0 Å². The number of rotatable bonds is 5. The Bertz CT molecular complexity index is 987. The first-order chi connectivity index (χ1) is 12.8. The summed E-state index contributed by atoms with van der Waals surface area (Å²) < 4.78 is 26.1. The number of hydrogen-bond acceptors (Lipinski definition) is 4. The molecular formula is C19H19BrN2O4S. The fraction of sp³-hybridized carbons (Fsp3) is 0.263. The average molecular weight is 451 g/mol. The molecule has 0 radical (unpaired) electrons. The second-order valence-electron chi connectivity index (χ2n) is 6.34. The molecule has 0 atom stereocenters. The van der Waals surface area contributed by atoms with E-state index in [4.69, 9.17) is 0 Å². The van der Waals surface area contributed by atoms with Crippen LogP contribution in [-0.2, 0) is 25.8 Å². The van der Waals surface area contributed by atoms with Crippen LogP contribution in [0.2, 0.25) is 0 Å². The summed E-state index contributed by atoms with van der Waals surface area (Å²) in [6, 6.07) is 11.8. The molecule has 0 unspecified atom stereocenters. The van der Waals surface area contributed by atoms with Crippen LogP contribution in [0.4, 0.5) is 11.4 Å². The van der Waals surface area contributed by atoms with Crippen molar-refractivity contribution in [3.63, 3.8) is 0 Å². The molecule has 6 nitrogen and oxygen atoms in total. The minimum Gasteiger partial charge on any atom is -0.326 e. The number of carbonyl (C=O) groups excluding carboxylic acids is 2. The summed E-state index contributed by atoms with van der Waals surface area (Å²) in [5.74, 6) is -0.691. The number of anilines is 2. The Hall–Kier alpha value is -2.19. The number of benzene rings is 2. The lowest BCUT2D eigenvalue weighted by molar-refractivity contribution is -0.117. The van der Waals surface area contributed by atoms with E-state index in [1.54, 1.807) is 41.3 Å². The van der Waals surface area contributed by atoms with Gasteiger partial charge < -0.3 is 10.2 Å². The van der Waals surface area contributed by atoms with Crippen molar-refractivity contribution in [1.82, 2.24) is 0 Å². The molecule has 142 valence electrons. The molecule has 2 amide bonds. The number of nitrogens with zero attached hydrogens (tertiary/aromatic N) is 1. The van der Waals surface area contributed by atoms with Gasteiger partial charge in [-0.3, -0.25) is 9.59 Å². The second kappa shape index (κ2) is 7.82. The molecule has 1 aliphatic rings. The van der Waals surface area contributed by atoms with Crippen LogP contribution in [0.5, 0.6) is 0 Å². The van der Waals surface area contributed by atoms with Gasteiger partial charge in [0.25, 0.3) is 0 Å². The molecule has 0 saturated heterocycles. The summed E-state index contributed by atoms with van der Waals surface area (Å²) in [6.45, 7) is 2.05. The Morgan fingerprint density at radius 2 is 1.85 bits per heavy atom. The van der Waals surface area contributed by atoms with Crippen molar-refractivity contribution in [2.45, 2.75) is 24.7 Å². The van der Waals surface area contributed by atoms with E-state index in [1.165, 1.54) is 13.0 Å². The van der Waals surface area contributed by atoms with E-state index in [2.05, 4.69) is 21.2 Å². The Morgan fingerprint density at radius 3 is 2.52 bits per heavy atom. The highest BCUT2D eigenvalue weighted by molar-refractivity contribution is 9.10. The standard InChI is InChI=1S/C19H19BrN2O4S/c1-13(23)22-10-8-14-12-17(6-7-18(14)22)27(25,26)11-9-19(24)21-16-4-2-15(20)3-5-16/h2-7,12H,8-11H2,1H3,(H,21,24). The van der Waals surface area contributed by atoms with Gasteiger partial charge in [-0.2, -0.15) is 0 Å². The number of hydrogen-bond donors (Lipinski definition) is 1. The first kappa shape index (κ1) is 19.6. The number of fused-ring (bicyclic) bond motifs is 1. The van der Waals surface area contributed by atoms with Gasteiger partial charge in [-0.25, -0.2) is 8.42 Å². The van der Waals surface area contributed by atoms with E-state index >= 15 is 0 Å². The van der Waals surface area contributed by atoms with Gasteiger partial charge in [-0.05, 0) is 54.4 Å². The largest absolute Gasteiger partial charge is 0.326 e. The molecule has 0 spiro atoms. The number of amides is 2. The van der Waals surface area contributed by atoms with Crippen LogP contribution in [0, 0.1) is 0 Å². The van der Waals surface area contributed by atoms with Crippen LogP contribution in [0.3, 0.4) is 0 Å². The van der Waals surface area contributed by atoms with Gasteiger partial charge in [-0.1, -0.05) is 15.9 Å². The highest BCUT2D eigenvalue weighted by Gasteiger charge is 2.25. The first-order valence-electron chi connectivity index (χ1n) is 8.45. The number of nitrogens with one attached hydrogen (secondary N) is 1. The van der Waals surface area contributed by atoms with Gasteiger partial charge in [-0.15, -0.1) is 0 Å². The second-order valence-corrected chi connectivity index (χ2v) is 9.36. The SMILES string of the molecule is CC(=O)N1CCc2cc(S(=O)(=O)CCC(=O)Nc3ccc(Br)cc3)ccc21. The third-order valence-electron chi connectivity index (χ3n) is 4.41. The van der Waals surface area contributed by atoms with Crippen LogP contribution < -0.4 is 10.2 Å². The maximum absolute atomic E-state index is 12.6. The topological polar surface area (TPSA) is 83.6 Å². The van der Waals surface area contributed by atoms with Gasteiger partial charge in [0.2, 0.25) is 11.8 Å². The zero-order valence-corrected chi connectivity index (χ0v) is 17.1. The highest BCUT2D eigenvalue weighted by Crippen LogP contribution is 2.30. The average Bonchev–Trinajstić information content (AvgIpc) is 3.05. The van der Waals surface area contributed by atoms with E-state index in [-0.39, 0.29) is 28.9 Å². The van der Waals surface area contributed by atoms with E-state index in [1.807, 2.05) is 0 Å². The van der Waals surface area contributed by atoms with Gasteiger partial charge in [0, 0.05) is 35.7 Å². The van der Waals surface area contributed by atoms with Crippen LogP contribution in [0.15, 0.2) is 51.8 Å². The van der Waals surface area contributed by atoms with E-state index in [9.17, 15) is 18.0 Å². The predicted octanol–water partition coefficient (Wildman–Crippen LogP) is 3.16. The fourth-order valence-electron chi connectivity index (χ4n) is 3.00. The lowest BCUT2D eigenvalue weighted by Gasteiger charge is -2.15. The monoisotopic (exact) mass is 450 g/mol. The Labute approximate surface area is 166 Å². The normalized spacial score (nSPS) is 13.3. The highest BCUT2D eigenvalue weighted by atomic mass is 79.9. The molecule has 2 aromatic carbocycles. The number of sulfone groups is 1. The van der Waals surface area contributed by atoms with Crippen molar-refractivity contribution in [3.05, 3.63) is 52.5 Å². The molecule has 3 rings (SSSR count). The molecule has 0 fully saturated rings. The van der Waals surface area contributed by atoms with Crippen LogP contribution in [0.1, 0.15) is 18.9 Å². The molecular weight excluding hydrogens is 432 g/mol. The number of halogens is 1. The molecule has 27 heavy (non-hydrogen) atoms. The molecule has 8 heteroatoms. The molecule has 0 aromatic heterocycles. The summed E-state index contributed by atoms with van der Waals surface area (Å²) in [5, 5.41) is 2.68. The van der Waals surface area contributed by atoms with Crippen molar-refractivity contribution in [3.8, 4) is 0 Å². The minimum absolute atomic E-state index is 0.0611. The van der Waals surface area contributed by atoms with Crippen molar-refractivity contribution in [2.75, 3.05) is 22.5 Å². The number of carbonyl (C=O) groups is 2. The van der Waals surface area contributed by atoms with Crippen LogP contribution in [-0.4, -0.2) is 32.5 Å². The maximum Gasteiger partial charge on any atom is 0.225 e. The molecule has 1 heterocycles. The molecule has 1 aliphatic heterocycles. The molecule has 0 aliphatic carbocycles. The predicted molar refractivity (Wildman–Crippen MR) is 108 cm³/mol. The lowest BCUT2D eigenvalue weighted by atomic mass is 10.2.